The number of ether oxygens (including phenoxy) is 1. The summed E-state index contributed by atoms with van der Waals surface area (Å²) in [6, 6.07) is 14.7. The van der Waals surface area contributed by atoms with Crippen LogP contribution in [0.4, 0.5) is 10.1 Å². The Balaban J connectivity index is 1.44. The standard InChI is InChI=1S/C26H32FN5O2S/c1-31(17-19-9-6-7-14-23(19)27)25(33)18-35-26-30-29-24(32(26)21-11-4-3-5-12-21)16-28-20-10-8-13-22(15-20)34-2/h6-10,13-15,21,28H,3-5,11-12,16-18H2,1-2H3. The normalized spacial score (nSPS) is 14.0. The molecule has 1 N–H and O–H groups in total. The zero-order valence-electron chi connectivity index (χ0n) is 20.2. The molecule has 0 radical (unpaired) electrons. The molecule has 9 heteroatoms. The number of nitrogens with one attached hydrogen (secondary N) is 1. The molecule has 1 heterocycles. The summed E-state index contributed by atoms with van der Waals surface area (Å²) in [7, 11) is 3.35. The molecule has 7 nitrogen and oxygen atoms in total. The van der Waals surface area contributed by atoms with Crippen molar-refractivity contribution in [2.75, 3.05) is 25.2 Å². The molecule has 0 unspecified atom stereocenters. The molecule has 35 heavy (non-hydrogen) atoms. The van der Waals surface area contributed by atoms with Gasteiger partial charge in [-0.05, 0) is 31.0 Å². The number of thioether (sulfide) groups is 1. The van der Waals surface area contributed by atoms with Crippen LogP contribution in [0.3, 0.4) is 0 Å². The summed E-state index contributed by atoms with van der Waals surface area (Å²) in [6.45, 7) is 0.759. The van der Waals surface area contributed by atoms with Crippen LogP contribution in [0.2, 0.25) is 0 Å². The number of nitrogens with zero attached hydrogens (tertiary/aromatic N) is 4. The zero-order chi connectivity index (χ0) is 24.6. The molecule has 1 saturated carbocycles. The van der Waals surface area contributed by atoms with Crippen molar-refractivity contribution < 1.29 is 13.9 Å². The summed E-state index contributed by atoms with van der Waals surface area (Å²) < 4.78 is 21.5. The second-order valence-electron chi connectivity index (χ2n) is 8.78. The Kier molecular flexibility index (Phi) is 8.63. The van der Waals surface area contributed by atoms with Gasteiger partial charge in [0.25, 0.3) is 0 Å². The van der Waals surface area contributed by atoms with Gasteiger partial charge >= 0.3 is 0 Å². The van der Waals surface area contributed by atoms with E-state index in [0.29, 0.717) is 18.2 Å². The number of aromatic nitrogens is 3. The number of hydrogen-bond donors (Lipinski definition) is 1. The molecule has 1 fully saturated rings. The average molecular weight is 498 g/mol. The number of hydrogen-bond acceptors (Lipinski definition) is 6. The monoisotopic (exact) mass is 497 g/mol. The molecular formula is C26H32FN5O2S. The van der Waals surface area contributed by atoms with E-state index in [1.54, 1.807) is 37.3 Å². The zero-order valence-corrected chi connectivity index (χ0v) is 21.1. The van der Waals surface area contributed by atoms with Gasteiger partial charge in [0.05, 0.1) is 19.4 Å². The molecule has 3 aromatic rings. The molecule has 186 valence electrons. The Hall–Kier alpha value is -3.07. The Morgan fingerprint density at radius 1 is 1.17 bits per heavy atom. The van der Waals surface area contributed by atoms with Crippen molar-refractivity contribution in [3.63, 3.8) is 0 Å². The maximum atomic E-state index is 14.0. The number of methoxy groups -OCH3 is 1. The van der Waals surface area contributed by atoms with E-state index < -0.39 is 0 Å². The number of rotatable bonds is 10. The molecule has 1 aliphatic rings. The van der Waals surface area contributed by atoms with Crippen molar-refractivity contribution in [1.29, 1.82) is 0 Å². The van der Waals surface area contributed by atoms with Crippen LogP contribution in [-0.4, -0.2) is 45.5 Å². The highest BCUT2D eigenvalue weighted by Crippen LogP contribution is 2.33. The first-order valence-electron chi connectivity index (χ1n) is 12.0. The minimum Gasteiger partial charge on any atom is -0.497 e. The lowest BCUT2D eigenvalue weighted by Gasteiger charge is -2.26. The molecule has 1 aliphatic carbocycles. The smallest absolute Gasteiger partial charge is 0.233 e. The van der Waals surface area contributed by atoms with Crippen LogP contribution in [-0.2, 0) is 17.9 Å². The molecule has 4 rings (SSSR count). The van der Waals surface area contributed by atoms with E-state index in [-0.39, 0.29) is 24.0 Å². The van der Waals surface area contributed by atoms with Gasteiger partial charge < -0.3 is 19.5 Å². The third-order valence-corrected chi connectivity index (χ3v) is 7.24. The number of halogens is 1. The van der Waals surface area contributed by atoms with E-state index in [4.69, 9.17) is 4.74 Å². The predicted molar refractivity (Wildman–Crippen MR) is 136 cm³/mol. The van der Waals surface area contributed by atoms with E-state index >= 15 is 0 Å². The minimum absolute atomic E-state index is 0.0764. The number of anilines is 1. The topological polar surface area (TPSA) is 72.3 Å². The van der Waals surface area contributed by atoms with Crippen molar-refractivity contribution in [3.05, 3.63) is 65.7 Å². The third-order valence-electron chi connectivity index (χ3n) is 6.31. The summed E-state index contributed by atoms with van der Waals surface area (Å²) >= 11 is 1.40. The second-order valence-corrected chi connectivity index (χ2v) is 9.72. The fourth-order valence-corrected chi connectivity index (χ4v) is 5.32. The van der Waals surface area contributed by atoms with E-state index in [0.717, 1.165) is 35.3 Å². The number of benzene rings is 2. The van der Waals surface area contributed by atoms with E-state index in [2.05, 4.69) is 20.1 Å². The van der Waals surface area contributed by atoms with Gasteiger partial charge in [-0.25, -0.2) is 4.39 Å². The molecule has 1 amide bonds. The van der Waals surface area contributed by atoms with Gasteiger partial charge in [0.2, 0.25) is 5.91 Å². The Bertz CT molecular complexity index is 1130. The van der Waals surface area contributed by atoms with Gasteiger partial charge in [0, 0.05) is 37.0 Å². The second kappa shape index (κ2) is 12.1. The summed E-state index contributed by atoms with van der Waals surface area (Å²) in [4.78, 5) is 14.4. The molecule has 2 aromatic carbocycles. The van der Waals surface area contributed by atoms with Crippen LogP contribution in [0.1, 0.15) is 49.5 Å². The highest BCUT2D eigenvalue weighted by atomic mass is 32.2. The largest absolute Gasteiger partial charge is 0.497 e. The van der Waals surface area contributed by atoms with Crippen LogP contribution < -0.4 is 10.1 Å². The van der Waals surface area contributed by atoms with Crippen LogP contribution >= 0.6 is 11.8 Å². The van der Waals surface area contributed by atoms with Gasteiger partial charge in [0.1, 0.15) is 11.6 Å². The maximum absolute atomic E-state index is 14.0. The lowest BCUT2D eigenvalue weighted by molar-refractivity contribution is -0.127. The van der Waals surface area contributed by atoms with E-state index in [1.807, 2.05) is 24.3 Å². The summed E-state index contributed by atoms with van der Waals surface area (Å²) in [5.41, 5.74) is 1.45. The fourth-order valence-electron chi connectivity index (χ4n) is 4.35. The molecule has 0 saturated heterocycles. The SMILES string of the molecule is COc1cccc(NCc2nnc(SCC(=O)N(C)Cc3ccccc3F)n2C2CCCCC2)c1. The van der Waals surface area contributed by atoms with Crippen molar-refractivity contribution in [3.8, 4) is 5.75 Å². The summed E-state index contributed by atoms with van der Waals surface area (Å²) in [5.74, 6) is 1.49. The van der Waals surface area contributed by atoms with Gasteiger partial charge in [-0.2, -0.15) is 0 Å². The Morgan fingerprint density at radius 2 is 1.97 bits per heavy atom. The van der Waals surface area contributed by atoms with E-state index in [1.165, 1.54) is 37.1 Å². The van der Waals surface area contributed by atoms with Crippen LogP contribution in [0.5, 0.6) is 5.75 Å². The maximum Gasteiger partial charge on any atom is 0.233 e. The van der Waals surface area contributed by atoms with Crippen LogP contribution in [0.15, 0.2) is 53.7 Å². The first-order chi connectivity index (χ1) is 17.0. The van der Waals surface area contributed by atoms with Gasteiger partial charge in [-0.15, -0.1) is 10.2 Å². The van der Waals surface area contributed by atoms with Gasteiger partial charge in [-0.1, -0.05) is 55.3 Å². The van der Waals surface area contributed by atoms with Crippen molar-refractivity contribution >= 4 is 23.4 Å². The predicted octanol–water partition coefficient (Wildman–Crippen LogP) is 5.29. The Labute approximate surface area is 210 Å². The van der Waals surface area contributed by atoms with E-state index in [9.17, 15) is 9.18 Å². The van der Waals surface area contributed by atoms with Crippen molar-refractivity contribution in [2.45, 2.75) is 56.4 Å². The van der Waals surface area contributed by atoms with Crippen molar-refractivity contribution in [1.82, 2.24) is 19.7 Å². The number of carbonyl (C=O) groups is 1. The lowest BCUT2D eigenvalue weighted by atomic mass is 9.95. The molecule has 0 aliphatic heterocycles. The molecule has 1 aromatic heterocycles. The number of carbonyl (C=O) groups excluding carboxylic acids is 1. The van der Waals surface area contributed by atoms with Crippen LogP contribution in [0.25, 0.3) is 0 Å². The molecule has 0 bridgehead atoms. The first kappa shape index (κ1) is 25.0. The molecule has 0 atom stereocenters. The summed E-state index contributed by atoms with van der Waals surface area (Å²) in [5, 5.41) is 13.1. The fraction of sp³-hybridized carbons (Fsp3) is 0.423. The molecule has 0 spiro atoms. The van der Waals surface area contributed by atoms with Crippen molar-refractivity contribution in [2.24, 2.45) is 0 Å². The van der Waals surface area contributed by atoms with Gasteiger partial charge in [-0.3, -0.25) is 4.79 Å². The minimum atomic E-state index is -0.301. The quantitative estimate of drug-likeness (QED) is 0.384. The highest BCUT2D eigenvalue weighted by molar-refractivity contribution is 7.99. The first-order valence-corrected chi connectivity index (χ1v) is 13.0. The van der Waals surface area contributed by atoms with Crippen LogP contribution in [0, 0.1) is 5.82 Å². The number of amides is 1. The average Bonchev–Trinajstić information content (AvgIpc) is 3.30. The Morgan fingerprint density at radius 3 is 2.74 bits per heavy atom. The lowest BCUT2D eigenvalue weighted by Crippen LogP contribution is -2.28. The summed E-state index contributed by atoms with van der Waals surface area (Å²) in [6.07, 6.45) is 5.77. The highest BCUT2D eigenvalue weighted by Gasteiger charge is 2.24. The van der Waals surface area contributed by atoms with Gasteiger partial charge in [0.15, 0.2) is 11.0 Å². The third kappa shape index (κ3) is 6.54. The molecular weight excluding hydrogens is 465 g/mol.